The van der Waals surface area contributed by atoms with Gasteiger partial charge in [0.25, 0.3) is 11.8 Å². The van der Waals surface area contributed by atoms with Crippen LogP contribution < -0.4 is 16.0 Å². The molecule has 0 saturated carbocycles. The summed E-state index contributed by atoms with van der Waals surface area (Å²) in [5, 5.41) is 7.69. The van der Waals surface area contributed by atoms with Crippen LogP contribution in [0, 0.1) is 5.82 Å². The molecule has 1 saturated heterocycles. The Morgan fingerprint density at radius 1 is 0.975 bits per heavy atom. The molecule has 0 radical (unpaired) electrons. The van der Waals surface area contributed by atoms with Gasteiger partial charge in [-0.15, -0.1) is 0 Å². The number of fused-ring (bicyclic) bond motifs is 3. The summed E-state index contributed by atoms with van der Waals surface area (Å²) in [6.07, 6.45) is 1.25. The molecule has 2 aromatic heterocycles. The number of primary amides is 1. The number of carbonyl (C=O) groups is 2. The Bertz CT molecular complexity index is 1630. The molecule has 3 N–H and O–H groups in total. The molecule has 0 spiro atoms. The van der Waals surface area contributed by atoms with E-state index in [1.165, 1.54) is 12.1 Å². The largest absolute Gasteiger partial charge is 0.364 e. The van der Waals surface area contributed by atoms with Crippen LogP contribution in [0.5, 0.6) is 0 Å². The van der Waals surface area contributed by atoms with Crippen molar-refractivity contribution in [1.29, 1.82) is 0 Å². The molecule has 1 aliphatic carbocycles. The Morgan fingerprint density at radius 2 is 1.73 bits per heavy atom. The summed E-state index contributed by atoms with van der Waals surface area (Å²) >= 11 is 6.40. The second-order valence-corrected chi connectivity index (χ2v) is 10.5. The Kier molecular flexibility index (Phi) is 6.73. The third-order valence-corrected chi connectivity index (χ3v) is 7.73. The van der Waals surface area contributed by atoms with Crippen molar-refractivity contribution >= 4 is 34.9 Å². The summed E-state index contributed by atoms with van der Waals surface area (Å²) in [5.74, 6) is -0.734. The van der Waals surface area contributed by atoms with Gasteiger partial charge in [-0.25, -0.2) is 14.1 Å². The Labute approximate surface area is 235 Å². The van der Waals surface area contributed by atoms with Crippen molar-refractivity contribution in [3.05, 3.63) is 88.0 Å². The number of piperazine rings is 1. The molecule has 40 heavy (non-hydrogen) atoms. The first-order valence-corrected chi connectivity index (χ1v) is 13.4. The van der Waals surface area contributed by atoms with Gasteiger partial charge in [0.2, 0.25) is 0 Å². The highest BCUT2D eigenvalue weighted by molar-refractivity contribution is 6.34. The number of halogens is 2. The second-order valence-electron chi connectivity index (χ2n) is 10.0. The number of hydrogen-bond acceptors (Lipinski definition) is 6. The summed E-state index contributed by atoms with van der Waals surface area (Å²) in [6, 6.07) is 15.0. The van der Waals surface area contributed by atoms with Crippen molar-refractivity contribution in [2.75, 3.05) is 43.4 Å². The standard InChI is InChI=1S/C29H27ClFN7O2/c1-36-12-14-37(15-13-36)24-11-10-23(30)26(34-24)29(40)33-19-6-2-17-3-9-21-25(28(32)39)35-38(27(21)22(17)16-19)20-7-4-18(31)5-8-20/h2,4-8,10-11,16H,3,9,12-15H2,1H3,(H2,32,39)(H,33,40). The molecule has 9 nitrogen and oxygen atoms in total. The average molecular weight is 560 g/mol. The summed E-state index contributed by atoms with van der Waals surface area (Å²) in [5.41, 5.74) is 10.3. The van der Waals surface area contributed by atoms with Crippen LogP contribution >= 0.6 is 11.6 Å². The van der Waals surface area contributed by atoms with E-state index in [9.17, 15) is 14.0 Å². The fourth-order valence-corrected chi connectivity index (χ4v) is 5.47. The average Bonchev–Trinajstić information content (AvgIpc) is 3.35. The first-order chi connectivity index (χ1) is 19.3. The number of rotatable bonds is 5. The first-order valence-electron chi connectivity index (χ1n) is 13.0. The van der Waals surface area contributed by atoms with Crippen LogP contribution in [0.3, 0.4) is 0 Å². The van der Waals surface area contributed by atoms with Crippen molar-refractivity contribution in [2.45, 2.75) is 12.8 Å². The van der Waals surface area contributed by atoms with Gasteiger partial charge in [-0.3, -0.25) is 9.59 Å². The topological polar surface area (TPSA) is 109 Å². The maximum atomic E-state index is 13.6. The molecule has 11 heteroatoms. The molecule has 1 fully saturated rings. The van der Waals surface area contributed by atoms with Crippen molar-refractivity contribution in [3.8, 4) is 16.9 Å². The van der Waals surface area contributed by atoms with E-state index in [1.807, 2.05) is 24.3 Å². The number of carbonyl (C=O) groups excluding carboxylic acids is 2. The van der Waals surface area contributed by atoms with E-state index in [4.69, 9.17) is 17.3 Å². The van der Waals surface area contributed by atoms with Crippen molar-refractivity contribution in [3.63, 3.8) is 0 Å². The Hall–Kier alpha value is -4.28. The van der Waals surface area contributed by atoms with Crippen LogP contribution in [0.25, 0.3) is 16.9 Å². The summed E-state index contributed by atoms with van der Waals surface area (Å²) < 4.78 is 15.2. The van der Waals surface area contributed by atoms with Gasteiger partial charge in [-0.1, -0.05) is 17.7 Å². The number of hydrogen-bond donors (Lipinski definition) is 2. The number of anilines is 2. The minimum absolute atomic E-state index is 0.142. The SMILES string of the molecule is CN1CCN(c2ccc(Cl)c(C(=O)Nc3ccc4c(c3)-c3c(c(C(N)=O)nn3-c3ccc(F)cc3)CC4)n2)CC1. The number of nitrogens with zero attached hydrogens (tertiary/aromatic N) is 5. The predicted octanol–water partition coefficient (Wildman–Crippen LogP) is 3.93. The summed E-state index contributed by atoms with van der Waals surface area (Å²) in [6.45, 7) is 3.45. The predicted molar refractivity (Wildman–Crippen MR) is 152 cm³/mol. The van der Waals surface area contributed by atoms with E-state index < -0.39 is 11.8 Å². The molecule has 204 valence electrons. The number of nitrogens with one attached hydrogen (secondary N) is 1. The molecule has 4 aromatic rings. The van der Waals surface area contributed by atoms with Crippen molar-refractivity contribution in [1.82, 2.24) is 19.7 Å². The Morgan fingerprint density at radius 3 is 2.45 bits per heavy atom. The first kappa shape index (κ1) is 26.0. The second kappa shape index (κ2) is 10.4. The zero-order chi connectivity index (χ0) is 28.0. The number of likely N-dealkylation sites (N-methyl/N-ethyl adjacent to an activating group) is 1. The van der Waals surface area contributed by atoms with Crippen LogP contribution in [0.15, 0.2) is 54.6 Å². The molecule has 6 rings (SSSR count). The number of nitrogens with two attached hydrogens (primary N) is 1. The molecule has 2 amide bonds. The lowest BCUT2D eigenvalue weighted by Crippen LogP contribution is -2.44. The number of aryl methyl sites for hydroxylation is 1. The van der Waals surface area contributed by atoms with E-state index >= 15 is 0 Å². The van der Waals surface area contributed by atoms with Gasteiger partial charge < -0.3 is 20.9 Å². The maximum Gasteiger partial charge on any atom is 0.275 e. The minimum Gasteiger partial charge on any atom is -0.364 e. The normalized spacial score (nSPS) is 14.9. The van der Waals surface area contributed by atoms with E-state index in [2.05, 4.69) is 32.2 Å². The molecular weight excluding hydrogens is 533 g/mol. The van der Waals surface area contributed by atoms with Crippen LogP contribution in [-0.4, -0.2) is 64.7 Å². The lowest BCUT2D eigenvalue weighted by atomic mass is 9.88. The molecule has 1 aliphatic heterocycles. The highest BCUT2D eigenvalue weighted by Crippen LogP contribution is 2.38. The van der Waals surface area contributed by atoms with Gasteiger partial charge in [0, 0.05) is 43.0 Å². The van der Waals surface area contributed by atoms with Gasteiger partial charge in [-0.2, -0.15) is 5.10 Å². The third kappa shape index (κ3) is 4.80. The molecule has 3 heterocycles. The molecule has 0 bridgehead atoms. The smallest absolute Gasteiger partial charge is 0.275 e. The summed E-state index contributed by atoms with van der Waals surface area (Å²) in [7, 11) is 2.08. The monoisotopic (exact) mass is 559 g/mol. The number of benzene rings is 2. The third-order valence-electron chi connectivity index (χ3n) is 7.43. The quantitative estimate of drug-likeness (QED) is 0.383. The minimum atomic E-state index is -0.633. The zero-order valence-corrected chi connectivity index (χ0v) is 22.6. The van der Waals surface area contributed by atoms with E-state index in [0.29, 0.717) is 35.7 Å². The van der Waals surface area contributed by atoms with E-state index in [-0.39, 0.29) is 22.2 Å². The van der Waals surface area contributed by atoms with E-state index in [0.717, 1.165) is 42.9 Å². The van der Waals surface area contributed by atoms with Crippen LogP contribution in [-0.2, 0) is 12.8 Å². The van der Waals surface area contributed by atoms with E-state index in [1.54, 1.807) is 22.9 Å². The van der Waals surface area contributed by atoms with Gasteiger partial charge in [-0.05, 0) is 74.0 Å². The maximum absolute atomic E-state index is 13.6. The van der Waals surface area contributed by atoms with Crippen LogP contribution in [0.2, 0.25) is 5.02 Å². The van der Waals surface area contributed by atoms with Gasteiger partial charge in [0.1, 0.15) is 17.3 Å². The van der Waals surface area contributed by atoms with Crippen molar-refractivity contribution in [2.24, 2.45) is 5.73 Å². The fraction of sp³-hybridized carbons (Fsp3) is 0.241. The highest BCUT2D eigenvalue weighted by atomic mass is 35.5. The lowest BCUT2D eigenvalue weighted by molar-refractivity contribution is 0.0991. The van der Waals surface area contributed by atoms with Gasteiger partial charge in [0.05, 0.1) is 16.4 Å². The van der Waals surface area contributed by atoms with Crippen molar-refractivity contribution < 1.29 is 14.0 Å². The van der Waals surface area contributed by atoms with Crippen LogP contribution in [0.4, 0.5) is 15.9 Å². The highest BCUT2D eigenvalue weighted by Gasteiger charge is 2.29. The molecule has 2 aromatic carbocycles. The summed E-state index contributed by atoms with van der Waals surface area (Å²) in [4.78, 5) is 34.6. The molecule has 2 aliphatic rings. The molecular formula is C29H27ClFN7O2. The number of aromatic nitrogens is 3. The number of amides is 2. The Balaban J connectivity index is 1.34. The van der Waals surface area contributed by atoms with Crippen LogP contribution in [0.1, 0.15) is 32.1 Å². The number of pyridine rings is 1. The lowest BCUT2D eigenvalue weighted by Gasteiger charge is -2.33. The zero-order valence-electron chi connectivity index (χ0n) is 21.8. The van der Waals surface area contributed by atoms with Gasteiger partial charge in [0.15, 0.2) is 5.69 Å². The molecule has 0 atom stereocenters. The molecule has 0 unspecified atom stereocenters. The van der Waals surface area contributed by atoms with Gasteiger partial charge >= 0.3 is 0 Å². The fourth-order valence-electron chi connectivity index (χ4n) is 5.28.